The molecular weight excluding hydrogens is 290 g/mol. The molecule has 0 bridgehead atoms. The van der Waals surface area contributed by atoms with Gasteiger partial charge in [0.1, 0.15) is 0 Å². The molecule has 0 saturated heterocycles. The number of nitrogens with zero attached hydrogens (tertiary/aromatic N) is 2. The van der Waals surface area contributed by atoms with Crippen molar-refractivity contribution in [3.05, 3.63) is 47.2 Å². The van der Waals surface area contributed by atoms with E-state index >= 15 is 0 Å². The van der Waals surface area contributed by atoms with Gasteiger partial charge in [-0.25, -0.2) is 9.97 Å². The summed E-state index contributed by atoms with van der Waals surface area (Å²) in [6.07, 6.45) is 3.49. The van der Waals surface area contributed by atoms with Crippen LogP contribution >= 0.6 is 23.4 Å². The average Bonchev–Trinajstić information content (AvgIpc) is 2.42. The summed E-state index contributed by atoms with van der Waals surface area (Å²) in [4.78, 5) is 9.58. The van der Waals surface area contributed by atoms with Crippen LogP contribution in [-0.4, -0.2) is 16.5 Å². The highest BCUT2D eigenvalue weighted by Crippen LogP contribution is 2.30. The first-order valence-electron chi connectivity index (χ1n) is 6.59. The smallest absolute Gasteiger partial charge is 0.192 e. The zero-order chi connectivity index (χ0) is 14.4. The second-order valence-electron chi connectivity index (χ2n) is 4.91. The number of aromatic nitrogens is 2. The van der Waals surface area contributed by atoms with Crippen molar-refractivity contribution >= 4 is 23.4 Å². The van der Waals surface area contributed by atoms with Crippen LogP contribution in [0.5, 0.6) is 0 Å². The molecule has 20 heavy (non-hydrogen) atoms. The van der Waals surface area contributed by atoms with Crippen LogP contribution in [0, 0.1) is 5.92 Å². The molecule has 1 aromatic heterocycles. The normalized spacial score (nSPS) is 11.0. The Kier molecular flexibility index (Phi) is 5.83. The van der Waals surface area contributed by atoms with Crippen molar-refractivity contribution in [1.82, 2.24) is 15.3 Å². The summed E-state index contributed by atoms with van der Waals surface area (Å²) in [5.74, 6) is 0.635. The van der Waals surface area contributed by atoms with Crippen molar-refractivity contribution in [2.45, 2.75) is 30.4 Å². The highest BCUT2D eigenvalue weighted by molar-refractivity contribution is 7.99. The molecule has 0 atom stereocenters. The number of benzene rings is 1. The van der Waals surface area contributed by atoms with Gasteiger partial charge in [-0.2, -0.15) is 0 Å². The van der Waals surface area contributed by atoms with E-state index in [0.717, 1.165) is 28.2 Å². The van der Waals surface area contributed by atoms with Crippen LogP contribution in [0.2, 0.25) is 5.02 Å². The fraction of sp³-hybridized carbons (Fsp3) is 0.333. The SMILES string of the molecule is CC(C)CNCc1ccc(Cl)cc1Sc1ncccn1. The van der Waals surface area contributed by atoms with Gasteiger partial charge in [0.25, 0.3) is 0 Å². The van der Waals surface area contributed by atoms with Gasteiger partial charge in [0.05, 0.1) is 0 Å². The molecule has 0 aliphatic carbocycles. The Bertz CT molecular complexity index is 546. The maximum atomic E-state index is 6.09. The highest BCUT2D eigenvalue weighted by atomic mass is 35.5. The van der Waals surface area contributed by atoms with E-state index in [4.69, 9.17) is 11.6 Å². The molecule has 3 nitrogen and oxygen atoms in total. The minimum atomic E-state index is 0.635. The summed E-state index contributed by atoms with van der Waals surface area (Å²) in [6.45, 7) is 6.21. The quantitative estimate of drug-likeness (QED) is 0.818. The molecule has 0 unspecified atom stereocenters. The van der Waals surface area contributed by atoms with Gasteiger partial charge >= 0.3 is 0 Å². The summed E-state index contributed by atoms with van der Waals surface area (Å²) in [7, 11) is 0. The van der Waals surface area contributed by atoms with Crippen molar-refractivity contribution in [3.8, 4) is 0 Å². The summed E-state index contributed by atoms with van der Waals surface area (Å²) >= 11 is 7.63. The number of hydrogen-bond donors (Lipinski definition) is 1. The van der Waals surface area contributed by atoms with Gasteiger partial charge in [-0.1, -0.05) is 31.5 Å². The highest BCUT2D eigenvalue weighted by Gasteiger charge is 2.07. The van der Waals surface area contributed by atoms with E-state index < -0.39 is 0 Å². The van der Waals surface area contributed by atoms with Crippen molar-refractivity contribution in [2.24, 2.45) is 5.92 Å². The molecule has 0 aliphatic rings. The third kappa shape index (κ3) is 4.78. The molecule has 0 spiro atoms. The van der Waals surface area contributed by atoms with E-state index in [-0.39, 0.29) is 0 Å². The van der Waals surface area contributed by atoms with E-state index in [9.17, 15) is 0 Å². The zero-order valence-corrected chi connectivity index (χ0v) is 13.2. The van der Waals surface area contributed by atoms with E-state index in [1.54, 1.807) is 24.2 Å². The molecule has 0 radical (unpaired) electrons. The summed E-state index contributed by atoms with van der Waals surface area (Å²) in [5, 5.41) is 4.92. The van der Waals surface area contributed by atoms with Crippen LogP contribution in [0.25, 0.3) is 0 Å². The molecular formula is C15H18ClN3S. The predicted molar refractivity (Wildman–Crippen MR) is 84.2 cm³/mol. The Balaban J connectivity index is 2.11. The molecule has 0 saturated carbocycles. The van der Waals surface area contributed by atoms with Crippen LogP contribution in [0.15, 0.2) is 46.7 Å². The lowest BCUT2D eigenvalue weighted by molar-refractivity contribution is 0.550. The summed E-state index contributed by atoms with van der Waals surface area (Å²) < 4.78 is 0. The molecule has 0 fully saturated rings. The summed E-state index contributed by atoms with van der Waals surface area (Å²) in [6, 6.07) is 7.76. The molecule has 0 aliphatic heterocycles. The van der Waals surface area contributed by atoms with Gasteiger partial charge in [-0.15, -0.1) is 0 Å². The lowest BCUT2D eigenvalue weighted by Crippen LogP contribution is -2.19. The molecule has 0 amide bonds. The molecule has 106 valence electrons. The average molecular weight is 308 g/mol. The first-order valence-corrected chi connectivity index (χ1v) is 7.78. The number of halogens is 1. The van der Waals surface area contributed by atoms with E-state index in [1.807, 2.05) is 18.2 Å². The van der Waals surface area contributed by atoms with Gasteiger partial charge in [0, 0.05) is 28.9 Å². The van der Waals surface area contributed by atoms with Crippen molar-refractivity contribution in [1.29, 1.82) is 0 Å². The molecule has 2 rings (SSSR count). The molecule has 1 heterocycles. The zero-order valence-electron chi connectivity index (χ0n) is 11.6. The molecule has 2 aromatic rings. The third-order valence-corrected chi connectivity index (χ3v) is 3.87. The van der Waals surface area contributed by atoms with Gasteiger partial charge < -0.3 is 5.32 Å². The van der Waals surface area contributed by atoms with Crippen molar-refractivity contribution in [2.75, 3.05) is 6.54 Å². The Morgan fingerprint density at radius 1 is 1.25 bits per heavy atom. The van der Waals surface area contributed by atoms with Gasteiger partial charge in [-0.05, 0) is 48.0 Å². The lowest BCUT2D eigenvalue weighted by Gasteiger charge is -2.11. The predicted octanol–water partition coefficient (Wildman–Crippen LogP) is 4.03. The van der Waals surface area contributed by atoms with Crippen LogP contribution in [0.4, 0.5) is 0 Å². The number of hydrogen-bond acceptors (Lipinski definition) is 4. The maximum Gasteiger partial charge on any atom is 0.192 e. The van der Waals surface area contributed by atoms with E-state index in [2.05, 4.69) is 35.2 Å². The lowest BCUT2D eigenvalue weighted by atomic mass is 10.2. The Morgan fingerprint density at radius 2 is 2.00 bits per heavy atom. The Morgan fingerprint density at radius 3 is 2.70 bits per heavy atom. The van der Waals surface area contributed by atoms with Crippen molar-refractivity contribution in [3.63, 3.8) is 0 Å². The maximum absolute atomic E-state index is 6.09. The molecule has 5 heteroatoms. The fourth-order valence-corrected chi connectivity index (χ4v) is 2.82. The minimum absolute atomic E-state index is 0.635. The van der Waals surface area contributed by atoms with E-state index in [0.29, 0.717) is 5.92 Å². The van der Waals surface area contributed by atoms with Crippen molar-refractivity contribution < 1.29 is 0 Å². The largest absolute Gasteiger partial charge is 0.312 e. The van der Waals surface area contributed by atoms with Gasteiger partial charge in [0.2, 0.25) is 0 Å². The first kappa shape index (κ1) is 15.3. The Hall–Kier alpha value is -1.10. The topological polar surface area (TPSA) is 37.8 Å². The fourth-order valence-electron chi connectivity index (χ4n) is 1.70. The van der Waals surface area contributed by atoms with Crippen LogP contribution in [0.3, 0.4) is 0 Å². The number of nitrogens with one attached hydrogen (secondary N) is 1. The molecule has 1 aromatic carbocycles. The molecule has 1 N–H and O–H groups in total. The van der Waals surface area contributed by atoms with Gasteiger partial charge in [0.15, 0.2) is 5.16 Å². The third-order valence-electron chi connectivity index (χ3n) is 2.64. The number of rotatable bonds is 6. The second-order valence-corrected chi connectivity index (χ2v) is 6.36. The summed E-state index contributed by atoms with van der Waals surface area (Å²) in [5.41, 5.74) is 1.22. The van der Waals surface area contributed by atoms with Crippen LogP contribution in [0.1, 0.15) is 19.4 Å². The monoisotopic (exact) mass is 307 g/mol. The standard InChI is InChI=1S/C15H18ClN3S/c1-11(2)9-17-10-12-4-5-13(16)8-14(12)20-15-18-6-3-7-19-15/h3-8,11,17H,9-10H2,1-2H3. The van der Waals surface area contributed by atoms with Crippen LogP contribution in [-0.2, 0) is 6.54 Å². The van der Waals surface area contributed by atoms with E-state index in [1.165, 1.54) is 5.56 Å². The van der Waals surface area contributed by atoms with Gasteiger partial charge in [-0.3, -0.25) is 0 Å². The second kappa shape index (κ2) is 7.62. The Labute approximate surface area is 129 Å². The first-order chi connectivity index (χ1) is 9.65. The van der Waals surface area contributed by atoms with Crippen LogP contribution < -0.4 is 5.32 Å². The minimum Gasteiger partial charge on any atom is -0.312 e.